The number of anilines is 1. The van der Waals surface area contributed by atoms with Crippen LogP contribution in [-0.2, 0) is 9.47 Å². The van der Waals surface area contributed by atoms with Crippen LogP contribution in [0.15, 0.2) is 29.3 Å². The van der Waals surface area contributed by atoms with Gasteiger partial charge in [-0.1, -0.05) is 17.7 Å². The van der Waals surface area contributed by atoms with Crippen LogP contribution in [0.4, 0.5) is 5.69 Å². The number of hydrogen-bond acceptors (Lipinski definition) is 4. The van der Waals surface area contributed by atoms with Crippen molar-refractivity contribution in [1.82, 2.24) is 10.2 Å². The second kappa shape index (κ2) is 13.5. The highest BCUT2D eigenvalue weighted by atomic mass is 127. The van der Waals surface area contributed by atoms with Crippen molar-refractivity contribution in [2.75, 3.05) is 71.1 Å². The highest BCUT2D eigenvalue weighted by molar-refractivity contribution is 14.0. The first kappa shape index (κ1) is 24.5. The maximum Gasteiger partial charge on any atom is 0.193 e. The van der Waals surface area contributed by atoms with E-state index in [-0.39, 0.29) is 24.0 Å². The van der Waals surface area contributed by atoms with Crippen molar-refractivity contribution in [1.29, 1.82) is 0 Å². The molecule has 0 spiro atoms. The summed E-state index contributed by atoms with van der Waals surface area (Å²) >= 11 is 6.12. The Kier molecular flexibility index (Phi) is 11.4. The molecule has 2 saturated heterocycles. The number of benzene rings is 1. The Bertz CT molecular complexity index is 620. The zero-order valence-electron chi connectivity index (χ0n) is 17.3. The van der Waals surface area contributed by atoms with Crippen molar-refractivity contribution in [2.45, 2.75) is 19.3 Å². The summed E-state index contributed by atoms with van der Waals surface area (Å²) in [7, 11) is 1.85. The SMILES string of the molecule is CN=C(NCCCOCC1CCOCC1)N1CCN(c2cccc(Cl)c2)CC1.I. The average Bonchev–Trinajstić information content (AvgIpc) is 2.74. The fourth-order valence-corrected chi connectivity index (χ4v) is 3.90. The van der Waals surface area contributed by atoms with Crippen molar-refractivity contribution < 1.29 is 9.47 Å². The average molecular weight is 537 g/mol. The lowest BCUT2D eigenvalue weighted by Crippen LogP contribution is -2.52. The van der Waals surface area contributed by atoms with E-state index in [1.165, 1.54) is 5.69 Å². The molecule has 6 nitrogen and oxygen atoms in total. The summed E-state index contributed by atoms with van der Waals surface area (Å²) in [6, 6.07) is 8.08. The van der Waals surface area contributed by atoms with Gasteiger partial charge in [0.1, 0.15) is 0 Å². The fraction of sp³-hybridized carbons (Fsp3) is 0.667. The molecule has 2 heterocycles. The molecule has 2 aliphatic heterocycles. The van der Waals surface area contributed by atoms with E-state index in [0.29, 0.717) is 5.92 Å². The van der Waals surface area contributed by atoms with Crippen LogP contribution in [0.3, 0.4) is 0 Å². The van der Waals surface area contributed by atoms with Gasteiger partial charge >= 0.3 is 0 Å². The lowest BCUT2D eigenvalue weighted by Gasteiger charge is -2.37. The second-order valence-corrected chi connectivity index (χ2v) is 7.85. The molecular formula is C21H34ClIN4O2. The van der Waals surface area contributed by atoms with E-state index in [9.17, 15) is 0 Å². The number of nitrogens with zero attached hydrogens (tertiary/aromatic N) is 3. The monoisotopic (exact) mass is 536 g/mol. The molecule has 29 heavy (non-hydrogen) atoms. The maximum atomic E-state index is 6.12. The quantitative estimate of drug-likeness (QED) is 0.250. The fourth-order valence-electron chi connectivity index (χ4n) is 3.72. The Morgan fingerprint density at radius 1 is 1.24 bits per heavy atom. The molecule has 0 atom stereocenters. The van der Waals surface area contributed by atoms with E-state index in [2.05, 4.69) is 26.2 Å². The molecule has 3 rings (SSSR count). The normalized spacial score (nSPS) is 18.5. The number of hydrogen-bond donors (Lipinski definition) is 1. The molecule has 2 fully saturated rings. The van der Waals surface area contributed by atoms with Gasteiger partial charge in [0, 0.05) is 76.9 Å². The molecule has 1 aromatic carbocycles. The predicted octanol–water partition coefficient (Wildman–Crippen LogP) is 3.49. The topological polar surface area (TPSA) is 49.3 Å². The van der Waals surface area contributed by atoms with E-state index in [1.54, 1.807) is 0 Å². The second-order valence-electron chi connectivity index (χ2n) is 7.41. The van der Waals surface area contributed by atoms with E-state index in [4.69, 9.17) is 21.1 Å². The molecule has 0 bridgehead atoms. The number of aliphatic imine (C=N–C) groups is 1. The molecule has 0 unspecified atom stereocenters. The third-order valence-electron chi connectivity index (χ3n) is 5.41. The first-order valence-corrected chi connectivity index (χ1v) is 10.8. The van der Waals surface area contributed by atoms with Gasteiger partial charge in [-0.15, -0.1) is 24.0 Å². The molecule has 0 aliphatic carbocycles. The number of ether oxygens (including phenoxy) is 2. The van der Waals surface area contributed by atoms with Gasteiger partial charge in [0.2, 0.25) is 0 Å². The zero-order valence-corrected chi connectivity index (χ0v) is 20.4. The Morgan fingerprint density at radius 3 is 2.69 bits per heavy atom. The van der Waals surface area contributed by atoms with Gasteiger partial charge in [-0.3, -0.25) is 4.99 Å². The molecular weight excluding hydrogens is 503 g/mol. The summed E-state index contributed by atoms with van der Waals surface area (Å²) < 4.78 is 11.2. The van der Waals surface area contributed by atoms with Gasteiger partial charge in [-0.25, -0.2) is 0 Å². The van der Waals surface area contributed by atoms with Gasteiger partial charge in [-0.2, -0.15) is 0 Å². The summed E-state index contributed by atoms with van der Waals surface area (Å²) in [5.74, 6) is 1.65. The number of rotatable bonds is 7. The van der Waals surface area contributed by atoms with Crippen LogP contribution < -0.4 is 10.2 Å². The summed E-state index contributed by atoms with van der Waals surface area (Å²) in [6.07, 6.45) is 3.25. The Labute approximate surface area is 197 Å². The standard InChI is InChI=1S/C21H33ClN4O2.HI/c1-23-21(24-8-3-13-28-17-18-6-14-27-15-7-18)26-11-9-25(10-12-26)20-5-2-4-19(22)16-20;/h2,4-5,16,18H,3,6-15,17H2,1H3,(H,23,24);1H. The molecule has 0 aromatic heterocycles. The Hall–Kier alpha value is -0.770. The first-order chi connectivity index (χ1) is 13.8. The largest absolute Gasteiger partial charge is 0.381 e. The van der Waals surface area contributed by atoms with Gasteiger partial charge in [-0.05, 0) is 43.4 Å². The number of guanidine groups is 1. The van der Waals surface area contributed by atoms with E-state index < -0.39 is 0 Å². The molecule has 1 N–H and O–H groups in total. The van der Waals surface area contributed by atoms with Crippen LogP contribution in [0.25, 0.3) is 0 Å². The van der Waals surface area contributed by atoms with Crippen molar-refractivity contribution in [3.8, 4) is 0 Å². The molecule has 0 saturated carbocycles. The van der Waals surface area contributed by atoms with Gasteiger partial charge < -0.3 is 24.6 Å². The van der Waals surface area contributed by atoms with Crippen LogP contribution in [0.2, 0.25) is 5.02 Å². The molecule has 164 valence electrons. The van der Waals surface area contributed by atoms with Crippen molar-refractivity contribution >= 4 is 47.2 Å². The minimum absolute atomic E-state index is 0. The summed E-state index contributed by atoms with van der Waals surface area (Å²) in [4.78, 5) is 9.15. The van der Waals surface area contributed by atoms with Crippen molar-refractivity contribution in [3.63, 3.8) is 0 Å². The highest BCUT2D eigenvalue weighted by Gasteiger charge is 2.20. The molecule has 2 aliphatic rings. The third kappa shape index (κ3) is 8.11. The van der Waals surface area contributed by atoms with Crippen LogP contribution in [-0.4, -0.2) is 77.1 Å². The smallest absolute Gasteiger partial charge is 0.193 e. The number of nitrogens with one attached hydrogen (secondary N) is 1. The summed E-state index contributed by atoms with van der Waals surface area (Å²) in [6.45, 7) is 8.15. The summed E-state index contributed by atoms with van der Waals surface area (Å²) in [5, 5.41) is 4.27. The van der Waals surface area contributed by atoms with Gasteiger partial charge in [0.05, 0.1) is 0 Å². The molecule has 0 radical (unpaired) electrons. The molecule has 1 aromatic rings. The predicted molar refractivity (Wildman–Crippen MR) is 131 cm³/mol. The third-order valence-corrected chi connectivity index (χ3v) is 5.64. The Balaban J connectivity index is 0.00000300. The lowest BCUT2D eigenvalue weighted by molar-refractivity contribution is 0.0203. The zero-order chi connectivity index (χ0) is 19.6. The van der Waals surface area contributed by atoms with E-state index in [1.807, 2.05) is 25.2 Å². The first-order valence-electron chi connectivity index (χ1n) is 10.4. The Morgan fingerprint density at radius 2 is 2.00 bits per heavy atom. The summed E-state index contributed by atoms with van der Waals surface area (Å²) in [5.41, 5.74) is 1.19. The molecule has 0 amide bonds. The van der Waals surface area contributed by atoms with Crippen LogP contribution in [0.5, 0.6) is 0 Å². The number of halogens is 2. The minimum atomic E-state index is 0. The highest BCUT2D eigenvalue weighted by Crippen LogP contribution is 2.20. The van der Waals surface area contributed by atoms with E-state index in [0.717, 1.165) is 89.4 Å². The minimum Gasteiger partial charge on any atom is -0.381 e. The lowest BCUT2D eigenvalue weighted by atomic mass is 10.0. The molecule has 8 heteroatoms. The number of piperazine rings is 1. The van der Waals surface area contributed by atoms with Crippen LogP contribution in [0.1, 0.15) is 19.3 Å². The van der Waals surface area contributed by atoms with E-state index >= 15 is 0 Å². The van der Waals surface area contributed by atoms with Crippen LogP contribution >= 0.6 is 35.6 Å². The van der Waals surface area contributed by atoms with Gasteiger partial charge in [0.25, 0.3) is 0 Å². The maximum absolute atomic E-state index is 6.12. The van der Waals surface area contributed by atoms with Crippen molar-refractivity contribution in [3.05, 3.63) is 29.3 Å². The van der Waals surface area contributed by atoms with Gasteiger partial charge in [0.15, 0.2) is 5.96 Å². The van der Waals surface area contributed by atoms with Crippen LogP contribution in [0, 0.1) is 5.92 Å². The van der Waals surface area contributed by atoms with Crippen molar-refractivity contribution in [2.24, 2.45) is 10.9 Å².